The lowest BCUT2D eigenvalue weighted by molar-refractivity contribution is 0.0760. The molecular weight excluding hydrogens is 393 g/mol. The van der Waals surface area contributed by atoms with E-state index in [1.54, 1.807) is 24.3 Å². The molecule has 0 radical (unpaired) electrons. The van der Waals surface area contributed by atoms with Gasteiger partial charge in [-0.15, -0.1) is 11.3 Å². The van der Waals surface area contributed by atoms with Gasteiger partial charge in [-0.1, -0.05) is 42.1 Å². The van der Waals surface area contributed by atoms with Crippen LogP contribution in [0.5, 0.6) is 0 Å². The van der Waals surface area contributed by atoms with Gasteiger partial charge in [0.1, 0.15) is 11.2 Å². The highest BCUT2D eigenvalue weighted by atomic mass is 32.2. The van der Waals surface area contributed by atoms with Crippen LogP contribution < -0.4 is 0 Å². The molecule has 0 N–H and O–H groups in total. The molecule has 1 aromatic heterocycles. The first-order chi connectivity index (χ1) is 13.6. The van der Waals surface area contributed by atoms with Crippen LogP contribution >= 0.6 is 23.1 Å². The summed E-state index contributed by atoms with van der Waals surface area (Å²) in [6.07, 6.45) is 1.71. The van der Waals surface area contributed by atoms with Gasteiger partial charge in [0.15, 0.2) is 0 Å². The Morgan fingerprint density at radius 1 is 1.04 bits per heavy atom. The van der Waals surface area contributed by atoms with Crippen molar-refractivity contribution in [2.75, 3.05) is 0 Å². The van der Waals surface area contributed by atoms with Gasteiger partial charge in [0.25, 0.3) is 5.91 Å². The number of ketones is 1. The summed E-state index contributed by atoms with van der Waals surface area (Å²) in [5.41, 5.74) is 2.83. The third-order valence-corrected chi connectivity index (χ3v) is 7.11. The molecule has 3 nitrogen and oxygen atoms in total. The zero-order valence-electron chi connectivity index (χ0n) is 14.6. The molecule has 0 saturated carbocycles. The van der Waals surface area contributed by atoms with Gasteiger partial charge >= 0.3 is 0 Å². The number of halogens is 1. The smallest absolute Gasteiger partial charge is 0.255 e. The fourth-order valence-electron chi connectivity index (χ4n) is 3.59. The first-order valence-corrected chi connectivity index (χ1v) is 10.5. The first-order valence-electron chi connectivity index (χ1n) is 8.77. The number of thioether (sulfide) groups is 1. The summed E-state index contributed by atoms with van der Waals surface area (Å²) in [6, 6.07) is 15.5. The monoisotopic (exact) mass is 407 g/mol. The molecule has 3 aromatic rings. The van der Waals surface area contributed by atoms with Gasteiger partial charge in [0, 0.05) is 16.0 Å². The van der Waals surface area contributed by atoms with E-state index in [2.05, 4.69) is 0 Å². The Morgan fingerprint density at radius 2 is 1.89 bits per heavy atom. The average Bonchev–Trinajstić information content (AvgIpc) is 3.25. The fraction of sp³-hybridized carbons (Fsp3) is 0.0909. The molecule has 5 rings (SSSR count). The van der Waals surface area contributed by atoms with E-state index < -0.39 is 0 Å². The summed E-state index contributed by atoms with van der Waals surface area (Å²) in [7, 11) is 0. The first kappa shape index (κ1) is 17.4. The Labute approximate surface area is 169 Å². The van der Waals surface area contributed by atoms with Gasteiger partial charge in [0.05, 0.1) is 11.4 Å². The van der Waals surface area contributed by atoms with Crippen LogP contribution in [0.2, 0.25) is 0 Å². The summed E-state index contributed by atoms with van der Waals surface area (Å²) < 4.78 is 13.6. The number of hydrogen-bond acceptors (Lipinski definition) is 4. The highest BCUT2D eigenvalue weighted by Gasteiger charge is 2.40. The van der Waals surface area contributed by atoms with Crippen molar-refractivity contribution in [3.8, 4) is 0 Å². The summed E-state index contributed by atoms with van der Waals surface area (Å²) >= 11 is 2.84. The SMILES string of the molecule is O=C1C(=Cc2cccc(F)c2)SC2c3ccccc3C(=O)N2Cc2sccc21. The zero-order valence-corrected chi connectivity index (χ0v) is 16.2. The van der Waals surface area contributed by atoms with E-state index in [0.717, 1.165) is 10.4 Å². The van der Waals surface area contributed by atoms with Gasteiger partial charge in [0.2, 0.25) is 5.78 Å². The second-order valence-corrected chi connectivity index (χ2v) is 8.76. The highest BCUT2D eigenvalue weighted by molar-refractivity contribution is 8.04. The van der Waals surface area contributed by atoms with E-state index in [1.807, 2.05) is 34.5 Å². The average molecular weight is 407 g/mol. The number of nitrogens with zero attached hydrogens (tertiary/aromatic N) is 1. The molecule has 0 bridgehead atoms. The van der Waals surface area contributed by atoms with Gasteiger partial charge in [-0.25, -0.2) is 4.39 Å². The Kier molecular flexibility index (Phi) is 4.18. The molecule has 0 saturated heterocycles. The topological polar surface area (TPSA) is 37.4 Å². The maximum absolute atomic E-state index is 13.6. The summed E-state index contributed by atoms with van der Waals surface area (Å²) in [5.74, 6) is -0.453. The van der Waals surface area contributed by atoms with E-state index in [9.17, 15) is 14.0 Å². The number of fused-ring (bicyclic) bond motifs is 4. The molecule has 2 aliphatic rings. The Hall–Kier alpha value is -2.70. The Bertz CT molecular complexity index is 1150. The number of carbonyl (C=O) groups is 2. The molecule has 0 aliphatic carbocycles. The van der Waals surface area contributed by atoms with Crippen molar-refractivity contribution in [1.29, 1.82) is 0 Å². The van der Waals surface area contributed by atoms with Crippen LogP contribution in [0, 0.1) is 5.82 Å². The number of rotatable bonds is 1. The van der Waals surface area contributed by atoms with Crippen LogP contribution in [0.25, 0.3) is 6.08 Å². The predicted octanol–water partition coefficient (Wildman–Crippen LogP) is 5.51. The van der Waals surface area contributed by atoms with Gasteiger partial charge in [-0.05, 0) is 46.8 Å². The van der Waals surface area contributed by atoms with Crippen LogP contribution in [0.4, 0.5) is 4.39 Å². The largest absolute Gasteiger partial charge is 0.317 e. The lowest BCUT2D eigenvalue weighted by Crippen LogP contribution is -2.28. The van der Waals surface area contributed by atoms with Crippen molar-refractivity contribution >= 4 is 40.9 Å². The van der Waals surface area contributed by atoms with Crippen molar-refractivity contribution < 1.29 is 14.0 Å². The van der Waals surface area contributed by atoms with Gasteiger partial charge < -0.3 is 4.90 Å². The number of Topliss-reactive ketones (excluding diaryl/α,β-unsaturated/α-hetero) is 1. The molecular formula is C22H14FNO2S2. The van der Waals surface area contributed by atoms with Crippen molar-refractivity contribution in [1.82, 2.24) is 4.90 Å². The predicted molar refractivity (Wildman–Crippen MR) is 110 cm³/mol. The molecule has 138 valence electrons. The molecule has 0 fully saturated rings. The Balaban J connectivity index is 1.67. The van der Waals surface area contributed by atoms with Gasteiger partial charge in [-0.2, -0.15) is 0 Å². The standard InChI is InChI=1S/C22H14FNO2S2/c23-14-5-3-4-13(10-14)11-18-20(25)17-8-9-27-19(17)12-24-21(26)15-6-1-2-7-16(15)22(24)28-18/h1-11,22H,12H2. The third-order valence-electron chi connectivity index (χ3n) is 4.91. The van der Waals surface area contributed by atoms with Crippen molar-refractivity contribution in [2.24, 2.45) is 0 Å². The number of thiophene rings is 1. The minimum absolute atomic E-state index is 0.0214. The van der Waals surface area contributed by atoms with E-state index in [0.29, 0.717) is 28.1 Å². The van der Waals surface area contributed by atoms with Crippen molar-refractivity contribution in [3.63, 3.8) is 0 Å². The Morgan fingerprint density at radius 3 is 2.75 bits per heavy atom. The molecule has 28 heavy (non-hydrogen) atoms. The molecule has 1 amide bonds. The quantitative estimate of drug-likeness (QED) is 0.499. The van der Waals surface area contributed by atoms with E-state index in [-0.39, 0.29) is 22.9 Å². The maximum Gasteiger partial charge on any atom is 0.255 e. The van der Waals surface area contributed by atoms with Crippen LogP contribution in [0.1, 0.15) is 42.1 Å². The molecule has 2 aromatic carbocycles. The molecule has 6 heteroatoms. The third kappa shape index (κ3) is 2.80. The number of allylic oxidation sites excluding steroid dienone is 1. The van der Waals surface area contributed by atoms with Crippen LogP contribution in [-0.2, 0) is 6.54 Å². The van der Waals surface area contributed by atoms with Crippen LogP contribution in [0.15, 0.2) is 64.9 Å². The van der Waals surface area contributed by atoms with Gasteiger partial charge in [-0.3, -0.25) is 9.59 Å². The van der Waals surface area contributed by atoms with Crippen molar-refractivity contribution in [2.45, 2.75) is 11.9 Å². The normalized spacial score (nSPS) is 19.8. The molecule has 1 unspecified atom stereocenters. The second-order valence-electron chi connectivity index (χ2n) is 6.64. The van der Waals surface area contributed by atoms with Crippen LogP contribution in [0.3, 0.4) is 0 Å². The lowest BCUT2D eigenvalue weighted by Gasteiger charge is -2.27. The zero-order chi connectivity index (χ0) is 19.3. The number of carbonyl (C=O) groups excluding carboxylic acids is 2. The maximum atomic E-state index is 13.6. The van der Waals surface area contributed by atoms with Crippen LogP contribution in [-0.4, -0.2) is 16.6 Å². The lowest BCUT2D eigenvalue weighted by atomic mass is 10.1. The number of benzene rings is 2. The van der Waals surface area contributed by atoms with E-state index >= 15 is 0 Å². The minimum Gasteiger partial charge on any atom is -0.317 e. The second kappa shape index (κ2) is 6.72. The molecule has 0 spiro atoms. The van der Waals surface area contributed by atoms with E-state index in [1.165, 1.54) is 35.2 Å². The van der Waals surface area contributed by atoms with Crippen molar-refractivity contribution in [3.05, 3.63) is 97.8 Å². The number of amides is 1. The highest BCUT2D eigenvalue weighted by Crippen LogP contribution is 2.48. The summed E-state index contributed by atoms with van der Waals surface area (Å²) in [6.45, 7) is 0.414. The number of hydrogen-bond donors (Lipinski definition) is 0. The molecule has 3 heterocycles. The minimum atomic E-state index is -0.350. The fourth-order valence-corrected chi connectivity index (χ4v) is 5.75. The summed E-state index contributed by atoms with van der Waals surface area (Å²) in [4.78, 5) is 29.4. The molecule has 2 aliphatic heterocycles. The van der Waals surface area contributed by atoms with E-state index in [4.69, 9.17) is 0 Å². The molecule has 1 atom stereocenters. The summed E-state index contributed by atoms with van der Waals surface area (Å²) in [5, 5.41) is 1.60.